The molecule has 1 amide bonds. The van der Waals surface area contributed by atoms with Crippen LogP contribution in [0.15, 0.2) is 42.5 Å². The van der Waals surface area contributed by atoms with Crippen molar-refractivity contribution in [1.82, 2.24) is 9.55 Å². The average molecular weight is 476 g/mol. The quantitative estimate of drug-likeness (QED) is 0.500. The smallest absolute Gasteiger partial charge is 0.414 e. The Hall–Kier alpha value is -3.35. The summed E-state index contributed by atoms with van der Waals surface area (Å²) in [5.74, 6) is -0.691. The zero-order valence-corrected chi connectivity index (χ0v) is 20.4. The molecule has 7 nitrogen and oxygen atoms in total. The fourth-order valence-corrected chi connectivity index (χ4v) is 5.93. The number of carbonyl (C=O) groups is 2. The summed E-state index contributed by atoms with van der Waals surface area (Å²) in [4.78, 5) is 31.8. The van der Waals surface area contributed by atoms with Gasteiger partial charge in [0, 0.05) is 24.1 Å². The first-order valence-electron chi connectivity index (χ1n) is 12.7. The number of methoxy groups -OCH3 is 1. The number of imidazole rings is 1. The van der Waals surface area contributed by atoms with Crippen LogP contribution < -0.4 is 4.90 Å². The van der Waals surface area contributed by atoms with Crippen LogP contribution in [0.4, 0.5) is 10.5 Å². The minimum Gasteiger partial charge on any atom is -0.481 e. The third-order valence-electron chi connectivity index (χ3n) is 7.73. The first-order valence-corrected chi connectivity index (χ1v) is 12.7. The van der Waals surface area contributed by atoms with Crippen LogP contribution in [0.2, 0.25) is 0 Å². The average Bonchev–Trinajstić information content (AvgIpc) is 3.26. The van der Waals surface area contributed by atoms with Gasteiger partial charge in [-0.05, 0) is 50.3 Å². The van der Waals surface area contributed by atoms with E-state index in [9.17, 15) is 14.7 Å². The first kappa shape index (κ1) is 23.4. The van der Waals surface area contributed by atoms with Gasteiger partial charge in [0.15, 0.2) is 0 Å². The number of aliphatic carboxylic acids is 1. The van der Waals surface area contributed by atoms with Crippen molar-refractivity contribution in [2.75, 3.05) is 12.0 Å². The lowest BCUT2D eigenvalue weighted by Crippen LogP contribution is -2.42. The van der Waals surface area contributed by atoms with Crippen molar-refractivity contribution in [2.24, 2.45) is 0 Å². The van der Waals surface area contributed by atoms with Crippen molar-refractivity contribution in [1.29, 1.82) is 0 Å². The predicted octanol–water partition coefficient (Wildman–Crippen LogP) is 5.86. The van der Waals surface area contributed by atoms with E-state index >= 15 is 0 Å². The number of aromatic nitrogens is 2. The number of amides is 1. The summed E-state index contributed by atoms with van der Waals surface area (Å²) in [6.45, 7) is 2.04. The number of ether oxygens (including phenoxy) is 1. The Labute approximate surface area is 205 Å². The maximum Gasteiger partial charge on any atom is 0.414 e. The molecule has 2 atom stereocenters. The van der Waals surface area contributed by atoms with E-state index in [4.69, 9.17) is 9.72 Å². The maximum atomic E-state index is 12.6. The van der Waals surface area contributed by atoms with E-state index in [1.165, 1.54) is 26.4 Å². The van der Waals surface area contributed by atoms with E-state index in [2.05, 4.69) is 10.6 Å². The monoisotopic (exact) mass is 475 g/mol. The number of hydrogen-bond donors (Lipinski definition) is 1. The molecule has 3 aromatic rings. The van der Waals surface area contributed by atoms with E-state index in [0.717, 1.165) is 59.4 Å². The first-order chi connectivity index (χ1) is 17.0. The van der Waals surface area contributed by atoms with Crippen molar-refractivity contribution in [3.05, 3.63) is 59.4 Å². The summed E-state index contributed by atoms with van der Waals surface area (Å²) in [5.41, 5.74) is 4.62. The zero-order chi connectivity index (χ0) is 24.5. The second-order valence-corrected chi connectivity index (χ2v) is 9.85. The fraction of sp³-hybridized carbons (Fsp3) is 0.464. The maximum absolute atomic E-state index is 12.6. The summed E-state index contributed by atoms with van der Waals surface area (Å²) in [7, 11) is 1.41. The molecule has 7 heteroatoms. The highest BCUT2D eigenvalue weighted by atomic mass is 16.5. The van der Waals surface area contributed by atoms with Crippen LogP contribution in [0.3, 0.4) is 0 Å². The SMILES string of the molecule is COC(=O)N1c2ccc3c(nc(C[C@@H](C(=O)O)c4ccccc4)n3C3CCCCC3)c2CC[C@@H]1C. The van der Waals surface area contributed by atoms with Gasteiger partial charge in [-0.2, -0.15) is 0 Å². The van der Waals surface area contributed by atoms with Crippen LogP contribution >= 0.6 is 0 Å². The second-order valence-electron chi connectivity index (χ2n) is 9.85. The van der Waals surface area contributed by atoms with Gasteiger partial charge in [-0.25, -0.2) is 9.78 Å². The molecule has 5 rings (SSSR count). The van der Waals surface area contributed by atoms with Gasteiger partial charge in [-0.3, -0.25) is 9.69 Å². The lowest BCUT2D eigenvalue weighted by Gasteiger charge is -2.34. The number of nitrogens with zero attached hydrogens (tertiary/aromatic N) is 3. The van der Waals surface area contributed by atoms with Crippen molar-refractivity contribution >= 4 is 28.8 Å². The number of carbonyl (C=O) groups excluding carboxylic acids is 1. The molecular weight excluding hydrogens is 442 g/mol. The Balaban J connectivity index is 1.65. The molecule has 184 valence electrons. The van der Waals surface area contributed by atoms with E-state index < -0.39 is 11.9 Å². The van der Waals surface area contributed by atoms with Gasteiger partial charge in [-0.1, -0.05) is 49.6 Å². The molecule has 1 aliphatic heterocycles. The van der Waals surface area contributed by atoms with Gasteiger partial charge in [0.2, 0.25) is 0 Å². The Bertz CT molecular complexity index is 1230. The van der Waals surface area contributed by atoms with Crippen LogP contribution in [-0.2, 0) is 22.4 Å². The number of carboxylic acids is 1. The van der Waals surface area contributed by atoms with Gasteiger partial charge in [0.05, 0.1) is 29.7 Å². The van der Waals surface area contributed by atoms with E-state index in [0.29, 0.717) is 12.5 Å². The normalized spacial score (nSPS) is 19.4. The van der Waals surface area contributed by atoms with E-state index in [1.807, 2.05) is 43.3 Å². The highest BCUT2D eigenvalue weighted by Gasteiger charge is 2.33. The molecule has 1 fully saturated rings. The van der Waals surface area contributed by atoms with Gasteiger partial charge >= 0.3 is 12.1 Å². The van der Waals surface area contributed by atoms with E-state index in [1.54, 1.807) is 4.90 Å². The summed E-state index contributed by atoms with van der Waals surface area (Å²) in [6, 6.07) is 13.9. The van der Waals surface area contributed by atoms with Crippen LogP contribution in [0, 0.1) is 0 Å². The molecule has 35 heavy (non-hydrogen) atoms. The molecule has 1 saturated carbocycles. The van der Waals surface area contributed by atoms with Crippen LogP contribution in [0.5, 0.6) is 0 Å². The molecule has 2 aliphatic rings. The Morgan fingerprint density at radius 3 is 2.51 bits per heavy atom. The predicted molar refractivity (Wildman–Crippen MR) is 135 cm³/mol. The van der Waals surface area contributed by atoms with Crippen LogP contribution in [0.1, 0.15) is 74.4 Å². The largest absolute Gasteiger partial charge is 0.481 e. The number of aryl methyl sites for hydroxylation is 1. The van der Waals surface area contributed by atoms with Crippen molar-refractivity contribution in [3.63, 3.8) is 0 Å². The number of benzene rings is 2. The minimum absolute atomic E-state index is 0.0433. The minimum atomic E-state index is -0.842. The molecule has 1 aliphatic carbocycles. The molecular formula is C28H33N3O4. The van der Waals surface area contributed by atoms with Crippen molar-refractivity contribution in [2.45, 2.75) is 76.3 Å². The standard InChI is InChI=1S/C28H33N3O4/c1-18-13-14-21-23(30(18)28(34)35-2)15-16-24-26(21)29-25(31(24)20-11-7-4-8-12-20)17-22(27(32)33)19-9-5-3-6-10-19/h3,5-6,9-10,15-16,18,20,22H,4,7-8,11-14,17H2,1-2H3,(H,32,33)/t18-,22+/m0/s1. The summed E-state index contributed by atoms with van der Waals surface area (Å²) in [5, 5.41) is 10.1. The highest BCUT2D eigenvalue weighted by molar-refractivity contribution is 5.95. The molecule has 2 heterocycles. The lowest BCUT2D eigenvalue weighted by atomic mass is 9.93. The lowest BCUT2D eigenvalue weighted by molar-refractivity contribution is -0.138. The number of fused-ring (bicyclic) bond motifs is 3. The molecule has 0 spiro atoms. The molecule has 1 N–H and O–H groups in total. The second kappa shape index (κ2) is 9.72. The Kier molecular flexibility index (Phi) is 6.50. The van der Waals surface area contributed by atoms with Gasteiger partial charge < -0.3 is 14.4 Å². The Morgan fingerprint density at radius 2 is 1.83 bits per heavy atom. The number of rotatable bonds is 5. The summed E-state index contributed by atoms with van der Waals surface area (Å²) in [6.07, 6.45) is 7.34. The zero-order valence-electron chi connectivity index (χ0n) is 20.4. The van der Waals surface area contributed by atoms with Gasteiger partial charge in [-0.15, -0.1) is 0 Å². The molecule has 0 saturated heterocycles. The molecule has 2 aromatic carbocycles. The topological polar surface area (TPSA) is 84.7 Å². The van der Waals surface area contributed by atoms with Crippen molar-refractivity contribution in [3.8, 4) is 0 Å². The van der Waals surface area contributed by atoms with Crippen LogP contribution in [0.25, 0.3) is 11.0 Å². The number of carboxylic acid groups (broad SMARTS) is 1. The fourth-order valence-electron chi connectivity index (χ4n) is 5.93. The summed E-state index contributed by atoms with van der Waals surface area (Å²) >= 11 is 0. The Morgan fingerprint density at radius 1 is 1.09 bits per heavy atom. The molecule has 0 unspecified atom stereocenters. The summed E-state index contributed by atoms with van der Waals surface area (Å²) < 4.78 is 7.39. The molecule has 1 aromatic heterocycles. The number of anilines is 1. The molecule has 0 radical (unpaired) electrons. The van der Waals surface area contributed by atoms with Crippen LogP contribution in [-0.4, -0.2) is 39.9 Å². The number of hydrogen-bond acceptors (Lipinski definition) is 4. The third-order valence-corrected chi connectivity index (χ3v) is 7.73. The third kappa shape index (κ3) is 4.28. The highest BCUT2D eigenvalue weighted by Crippen LogP contribution is 2.40. The van der Waals surface area contributed by atoms with E-state index in [-0.39, 0.29) is 12.1 Å². The van der Waals surface area contributed by atoms with Gasteiger partial charge in [0.1, 0.15) is 5.82 Å². The molecule has 0 bridgehead atoms. The van der Waals surface area contributed by atoms with Gasteiger partial charge in [0.25, 0.3) is 0 Å². The van der Waals surface area contributed by atoms with Crippen molar-refractivity contribution < 1.29 is 19.4 Å².